The third-order valence-electron chi connectivity index (χ3n) is 4.04. The highest BCUT2D eigenvalue weighted by atomic mass is 15.3. The predicted octanol–water partition coefficient (Wildman–Crippen LogP) is 0.763. The van der Waals surface area contributed by atoms with Crippen LogP contribution in [0.2, 0.25) is 0 Å². The lowest BCUT2D eigenvalue weighted by atomic mass is 9.95. The maximum Gasteiger partial charge on any atom is 0.0350 e. The maximum absolute atomic E-state index is 3.32. The van der Waals surface area contributed by atoms with Gasteiger partial charge in [-0.3, -0.25) is 9.80 Å². The van der Waals surface area contributed by atoms with Crippen molar-refractivity contribution in [1.82, 2.24) is 15.1 Å². The zero-order valence-corrected chi connectivity index (χ0v) is 10.6. The molecule has 0 aromatic rings. The molecule has 88 valence electrons. The summed E-state index contributed by atoms with van der Waals surface area (Å²) in [4.78, 5) is 5.24. The van der Waals surface area contributed by atoms with Crippen LogP contribution in [-0.2, 0) is 0 Å². The van der Waals surface area contributed by atoms with Crippen LogP contribution in [0, 0.1) is 0 Å². The molecule has 2 fully saturated rings. The van der Waals surface area contributed by atoms with E-state index in [4.69, 9.17) is 0 Å². The zero-order chi connectivity index (χ0) is 11.1. The predicted molar refractivity (Wildman–Crippen MR) is 64.2 cm³/mol. The third-order valence-corrected chi connectivity index (χ3v) is 4.04. The highest BCUT2D eigenvalue weighted by molar-refractivity contribution is 4.99. The SMILES string of the molecule is CNCC1CN(C2CC2)CC(C)(C)N1C. The number of hydrogen-bond donors (Lipinski definition) is 1. The van der Waals surface area contributed by atoms with Crippen molar-refractivity contribution in [1.29, 1.82) is 0 Å². The van der Waals surface area contributed by atoms with Gasteiger partial charge in [0.25, 0.3) is 0 Å². The van der Waals surface area contributed by atoms with Gasteiger partial charge >= 0.3 is 0 Å². The van der Waals surface area contributed by atoms with Gasteiger partial charge in [-0.1, -0.05) is 0 Å². The summed E-state index contributed by atoms with van der Waals surface area (Å²) < 4.78 is 0. The molecule has 0 aromatic heterocycles. The number of likely N-dealkylation sites (N-methyl/N-ethyl adjacent to an activating group) is 2. The monoisotopic (exact) mass is 211 g/mol. The smallest absolute Gasteiger partial charge is 0.0350 e. The van der Waals surface area contributed by atoms with E-state index in [0.29, 0.717) is 11.6 Å². The van der Waals surface area contributed by atoms with Gasteiger partial charge in [0.15, 0.2) is 0 Å². The van der Waals surface area contributed by atoms with Crippen molar-refractivity contribution in [2.24, 2.45) is 0 Å². The standard InChI is InChI=1S/C12H25N3/c1-12(2)9-15(10-5-6-10)8-11(7-13-3)14(12)4/h10-11,13H,5-9H2,1-4H3. The number of nitrogens with zero attached hydrogens (tertiary/aromatic N) is 2. The number of nitrogens with one attached hydrogen (secondary N) is 1. The van der Waals surface area contributed by atoms with Gasteiger partial charge in [-0.2, -0.15) is 0 Å². The van der Waals surface area contributed by atoms with Crippen LogP contribution in [0.25, 0.3) is 0 Å². The van der Waals surface area contributed by atoms with Crippen LogP contribution in [0.5, 0.6) is 0 Å². The molecule has 3 heteroatoms. The Bertz CT molecular complexity index is 223. The molecule has 15 heavy (non-hydrogen) atoms. The van der Waals surface area contributed by atoms with Crippen LogP contribution in [0.1, 0.15) is 26.7 Å². The average molecular weight is 211 g/mol. The van der Waals surface area contributed by atoms with E-state index in [0.717, 1.165) is 12.6 Å². The van der Waals surface area contributed by atoms with E-state index in [2.05, 4.69) is 43.1 Å². The van der Waals surface area contributed by atoms with Crippen molar-refractivity contribution in [2.75, 3.05) is 33.7 Å². The lowest BCUT2D eigenvalue weighted by Gasteiger charge is -2.50. The van der Waals surface area contributed by atoms with E-state index < -0.39 is 0 Å². The van der Waals surface area contributed by atoms with E-state index in [1.54, 1.807) is 0 Å². The zero-order valence-electron chi connectivity index (χ0n) is 10.6. The minimum atomic E-state index is 0.322. The van der Waals surface area contributed by atoms with Crippen LogP contribution in [0.3, 0.4) is 0 Å². The molecular weight excluding hydrogens is 186 g/mol. The highest BCUT2D eigenvalue weighted by Gasteiger charge is 2.41. The lowest BCUT2D eigenvalue weighted by Crippen LogP contribution is -2.64. The Labute approximate surface area is 93.8 Å². The summed E-state index contributed by atoms with van der Waals surface area (Å²) >= 11 is 0. The first kappa shape index (κ1) is 11.4. The fraction of sp³-hybridized carbons (Fsp3) is 1.00. The van der Waals surface area contributed by atoms with Crippen molar-refractivity contribution in [3.8, 4) is 0 Å². The van der Waals surface area contributed by atoms with Crippen LogP contribution in [0.15, 0.2) is 0 Å². The molecule has 0 amide bonds. The summed E-state index contributed by atoms with van der Waals surface area (Å²) in [6, 6.07) is 1.57. The van der Waals surface area contributed by atoms with Crippen molar-refractivity contribution < 1.29 is 0 Å². The summed E-state index contributed by atoms with van der Waals surface area (Å²) in [6.45, 7) is 8.30. The Morgan fingerprint density at radius 3 is 2.53 bits per heavy atom. The Morgan fingerprint density at radius 2 is 2.00 bits per heavy atom. The Hall–Kier alpha value is -0.120. The highest BCUT2D eigenvalue weighted by Crippen LogP contribution is 2.33. The molecule has 0 bridgehead atoms. The second kappa shape index (κ2) is 4.04. The van der Waals surface area contributed by atoms with E-state index >= 15 is 0 Å². The molecule has 1 aliphatic carbocycles. The van der Waals surface area contributed by atoms with Crippen LogP contribution >= 0.6 is 0 Å². The van der Waals surface area contributed by atoms with E-state index in [-0.39, 0.29) is 0 Å². The van der Waals surface area contributed by atoms with Gasteiger partial charge < -0.3 is 5.32 Å². The van der Waals surface area contributed by atoms with Crippen molar-refractivity contribution in [3.05, 3.63) is 0 Å². The fourth-order valence-corrected chi connectivity index (χ4v) is 2.72. The van der Waals surface area contributed by atoms with Crippen molar-refractivity contribution in [3.63, 3.8) is 0 Å². The minimum absolute atomic E-state index is 0.322. The molecule has 1 saturated carbocycles. The Kier molecular flexibility index (Phi) is 3.06. The molecule has 2 rings (SSSR count). The molecule has 1 saturated heterocycles. The van der Waals surface area contributed by atoms with Crippen LogP contribution in [0.4, 0.5) is 0 Å². The summed E-state index contributed by atoms with van der Waals surface area (Å²) in [5, 5.41) is 3.32. The molecular formula is C12H25N3. The van der Waals surface area contributed by atoms with E-state index in [1.165, 1.54) is 25.9 Å². The summed E-state index contributed by atoms with van der Waals surface area (Å²) in [5.74, 6) is 0. The van der Waals surface area contributed by atoms with E-state index in [1.807, 2.05) is 0 Å². The van der Waals surface area contributed by atoms with Gasteiger partial charge in [0.2, 0.25) is 0 Å². The van der Waals surface area contributed by atoms with Gasteiger partial charge in [0.1, 0.15) is 0 Å². The molecule has 1 N–H and O–H groups in total. The molecule has 1 unspecified atom stereocenters. The molecule has 1 heterocycles. The number of rotatable bonds is 3. The number of hydrogen-bond acceptors (Lipinski definition) is 3. The van der Waals surface area contributed by atoms with E-state index in [9.17, 15) is 0 Å². The fourth-order valence-electron chi connectivity index (χ4n) is 2.72. The van der Waals surface area contributed by atoms with Crippen molar-refractivity contribution >= 4 is 0 Å². The maximum atomic E-state index is 3.32. The molecule has 0 radical (unpaired) electrons. The molecule has 3 nitrogen and oxygen atoms in total. The number of piperazine rings is 1. The average Bonchev–Trinajstić information content (AvgIpc) is 2.95. The lowest BCUT2D eigenvalue weighted by molar-refractivity contribution is -0.00876. The third kappa shape index (κ3) is 2.35. The molecule has 0 spiro atoms. The molecule has 1 atom stereocenters. The van der Waals surface area contributed by atoms with Crippen LogP contribution < -0.4 is 5.32 Å². The first-order valence-electron chi connectivity index (χ1n) is 6.16. The van der Waals surface area contributed by atoms with Gasteiger partial charge in [-0.05, 0) is 40.8 Å². The van der Waals surface area contributed by atoms with Gasteiger partial charge in [0, 0.05) is 37.3 Å². The molecule has 1 aliphatic heterocycles. The second-order valence-electron chi connectivity index (χ2n) is 5.80. The van der Waals surface area contributed by atoms with Crippen molar-refractivity contribution in [2.45, 2.75) is 44.3 Å². The second-order valence-corrected chi connectivity index (χ2v) is 5.80. The molecule has 2 aliphatic rings. The summed E-state index contributed by atoms with van der Waals surface area (Å²) in [7, 11) is 4.32. The van der Waals surface area contributed by atoms with Gasteiger partial charge in [-0.25, -0.2) is 0 Å². The summed E-state index contributed by atoms with van der Waals surface area (Å²) in [5.41, 5.74) is 0.322. The normalized spacial score (nSPS) is 33.2. The largest absolute Gasteiger partial charge is 0.318 e. The first-order chi connectivity index (χ1) is 7.04. The van der Waals surface area contributed by atoms with Gasteiger partial charge in [0.05, 0.1) is 0 Å². The van der Waals surface area contributed by atoms with Crippen LogP contribution in [-0.4, -0.2) is 61.2 Å². The minimum Gasteiger partial charge on any atom is -0.318 e. The Balaban J connectivity index is 2.03. The molecule has 0 aromatic carbocycles. The first-order valence-corrected chi connectivity index (χ1v) is 6.16. The topological polar surface area (TPSA) is 18.5 Å². The van der Waals surface area contributed by atoms with Gasteiger partial charge in [-0.15, -0.1) is 0 Å². The Morgan fingerprint density at radius 1 is 1.33 bits per heavy atom. The quantitative estimate of drug-likeness (QED) is 0.743. The summed E-state index contributed by atoms with van der Waals surface area (Å²) in [6.07, 6.45) is 2.85.